The van der Waals surface area contributed by atoms with Crippen LogP contribution >= 0.6 is 11.3 Å². The summed E-state index contributed by atoms with van der Waals surface area (Å²) in [6.45, 7) is 0. The number of thiophene rings is 1. The van der Waals surface area contributed by atoms with E-state index in [0.717, 1.165) is 4.88 Å². The molecule has 0 saturated carbocycles. The lowest BCUT2D eigenvalue weighted by atomic mass is 10.1. The number of nitriles is 1. The van der Waals surface area contributed by atoms with E-state index in [1.807, 2.05) is 6.07 Å². The molecule has 5 heteroatoms. The highest BCUT2D eigenvalue weighted by Gasteiger charge is 2.10. The molecule has 0 fully saturated rings. The molecule has 0 spiro atoms. The minimum Gasteiger partial charge on any atom is -0.481 e. The fourth-order valence-corrected chi connectivity index (χ4v) is 1.90. The number of hydrogen-bond acceptors (Lipinski definition) is 4. The molecule has 0 aliphatic carbocycles. The fraction of sp³-hybridized carbons (Fsp3) is 0.333. The Bertz CT molecular complexity index is 367. The van der Waals surface area contributed by atoms with E-state index in [9.17, 15) is 4.79 Å². The third kappa shape index (κ3) is 2.83. The summed E-state index contributed by atoms with van der Waals surface area (Å²) in [5.74, 6) is -0.850. The van der Waals surface area contributed by atoms with Crippen LogP contribution in [0.25, 0.3) is 0 Å². The third-order valence-electron chi connectivity index (χ3n) is 1.78. The molecule has 0 saturated heterocycles. The number of nitrogens with two attached hydrogens (primary N) is 1. The van der Waals surface area contributed by atoms with Crippen LogP contribution in [-0.4, -0.2) is 11.1 Å². The predicted octanol–water partition coefficient (Wildman–Crippen LogP) is 1.48. The van der Waals surface area contributed by atoms with Crippen molar-refractivity contribution in [3.8, 4) is 6.07 Å². The van der Waals surface area contributed by atoms with Gasteiger partial charge in [-0.3, -0.25) is 4.79 Å². The molecule has 3 N–H and O–H groups in total. The van der Waals surface area contributed by atoms with Gasteiger partial charge in [-0.1, -0.05) is 0 Å². The van der Waals surface area contributed by atoms with Gasteiger partial charge in [0.1, 0.15) is 6.07 Å². The molecular weight excluding hydrogens is 200 g/mol. The molecule has 1 aromatic rings. The van der Waals surface area contributed by atoms with Crippen LogP contribution in [-0.2, 0) is 4.79 Å². The summed E-state index contributed by atoms with van der Waals surface area (Å²) in [5, 5.41) is 18.7. The Labute approximate surface area is 85.6 Å². The van der Waals surface area contributed by atoms with Gasteiger partial charge in [-0.15, -0.1) is 11.3 Å². The average molecular weight is 210 g/mol. The Hall–Kier alpha value is -1.38. The lowest BCUT2D eigenvalue weighted by Crippen LogP contribution is -2.10. The third-order valence-corrected chi connectivity index (χ3v) is 2.85. The fourth-order valence-electron chi connectivity index (χ4n) is 1.03. The van der Waals surface area contributed by atoms with Crippen molar-refractivity contribution in [1.29, 1.82) is 5.26 Å². The van der Waals surface area contributed by atoms with Gasteiger partial charge in [0.2, 0.25) is 0 Å². The van der Waals surface area contributed by atoms with Crippen LogP contribution in [0.3, 0.4) is 0 Å². The number of carboxylic acids is 1. The smallest absolute Gasteiger partial charge is 0.303 e. The van der Waals surface area contributed by atoms with Crippen molar-refractivity contribution in [2.24, 2.45) is 5.73 Å². The maximum Gasteiger partial charge on any atom is 0.303 e. The maximum atomic E-state index is 10.3. The van der Waals surface area contributed by atoms with E-state index in [1.54, 1.807) is 11.4 Å². The number of carboxylic acid groups (broad SMARTS) is 1. The van der Waals surface area contributed by atoms with Crippen LogP contribution in [0.4, 0.5) is 0 Å². The summed E-state index contributed by atoms with van der Waals surface area (Å²) in [5.41, 5.74) is 6.33. The first-order valence-electron chi connectivity index (χ1n) is 4.09. The van der Waals surface area contributed by atoms with Gasteiger partial charge in [0.25, 0.3) is 0 Å². The summed E-state index contributed by atoms with van der Waals surface area (Å²) >= 11 is 1.39. The van der Waals surface area contributed by atoms with E-state index in [0.29, 0.717) is 12.0 Å². The quantitative estimate of drug-likeness (QED) is 0.788. The van der Waals surface area contributed by atoms with Crippen molar-refractivity contribution < 1.29 is 9.90 Å². The van der Waals surface area contributed by atoms with Gasteiger partial charge in [-0.05, 0) is 12.5 Å². The molecule has 4 nitrogen and oxygen atoms in total. The molecular formula is C9H10N2O2S. The van der Waals surface area contributed by atoms with Gasteiger partial charge < -0.3 is 10.8 Å². The maximum absolute atomic E-state index is 10.3. The summed E-state index contributed by atoms with van der Waals surface area (Å²) in [7, 11) is 0. The summed E-state index contributed by atoms with van der Waals surface area (Å²) in [4.78, 5) is 11.2. The molecule has 0 aliphatic heterocycles. The topological polar surface area (TPSA) is 87.1 Å². The molecule has 1 heterocycles. The van der Waals surface area contributed by atoms with Crippen LogP contribution in [0.1, 0.15) is 29.3 Å². The number of carbonyl (C=O) groups is 1. The zero-order valence-electron chi connectivity index (χ0n) is 7.43. The minimum atomic E-state index is -0.850. The van der Waals surface area contributed by atoms with Crippen LogP contribution in [0.5, 0.6) is 0 Å². The molecule has 74 valence electrons. The highest BCUT2D eigenvalue weighted by Crippen LogP contribution is 2.23. The normalized spacial score (nSPS) is 12.0. The second kappa shape index (κ2) is 4.74. The highest BCUT2D eigenvalue weighted by atomic mass is 32.1. The van der Waals surface area contributed by atoms with E-state index < -0.39 is 5.97 Å². The first-order valence-corrected chi connectivity index (χ1v) is 4.97. The van der Waals surface area contributed by atoms with Gasteiger partial charge >= 0.3 is 5.97 Å². The Morgan fingerprint density at radius 3 is 3.00 bits per heavy atom. The molecule has 0 radical (unpaired) electrons. The molecule has 1 rings (SSSR count). The summed E-state index contributed by atoms with van der Waals surface area (Å²) < 4.78 is 0. The molecule has 14 heavy (non-hydrogen) atoms. The van der Waals surface area contributed by atoms with Gasteiger partial charge in [0, 0.05) is 22.7 Å². The molecule has 1 atom stereocenters. The van der Waals surface area contributed by atoms with E-state index in [4.69, 9.17) is 16.1 Å². The van der Waals surface area contributed by atoms with Crippen LogP contribution < -0.4 is 5.73 Å². The largest absolute Gasteiger partial charge is 0.481 e. The lowest BCUT2D eigenvalue weighted by molar-refractivity contribution is -0.137. The SMILES string of the molecule is N#Cc1csc(C(N)CCC(=O)O)c1. The molecule has 1 aromatic heterocycles. The van der Waals surface area contributed by atoms with Crippen molar-refractivity contribution >= 4 is 17.3 Å². The average Bonchev–Trinajstić information content (AvgIpc) is 2.62. The first kappa shape index (κ1) is 10.7. The Kier molecular flexibility index (Phi) is 3.63. The monoisotopic (exact) mass is 210 g/mol. The second-order valence-corrected chi connectivity index (χ2v) is 3.83. The van der Waals surface area contributed by atoms with Crippen molar-refractivity contribution in [1.82, 2.24) is 0 Å². The number of rotatable bonds is 4. The van der Waals surface area contributed by atoms with Crippen molar-refractivity contribution in [3.63, 3.8) is 0 Å². The van der Waals surface area contributed by atoms with E-state index >= 15 is 0 Å². The molecule has 0 bridgehead atoms. The zero-order chi connectivity index (χ0) is 10.6. The Morgan fingerprint density at radius 1 is 1.79 bits per heavy atom. The molecule has 1 unspecified atom stereocenters. The Balaban J connectivity index is 2.56. The summed E-state index contributed by atoms with van der Waals surface area (Å²) in [6, 6.07) is 3.43. The van der Waals surface area contributed by atoms with Crippen molar-refractivity contribution in [3.05, 3.63) is 21.9 Å². The molecule has 0 amide bonds. The lowest BCUT2D eigenvalue weighted by Gasteiger charge is -2.06. The van der Waals surface area contributed by atoms with E-state index in [-0.39, 0.29) is 12.5 Å². The number of nitrogens with zero attached hydrogens (tertiary/aromatic N) is 1. The number of aliphatic carboxylic acids is 1. The first-order chi connectivity index (χ1) is 6.63. The van der Waals surface area contributed by atoms with Gasteiger partial charge in [-0.2, -0.15) is 5.26 Å². The van der Waals surface area contributed by atoms with Crippen molar-refractivity contribution in [2.75, 3.05) is 0 Å². The predicted molar refractivity (Wildman–Crippen MR) is 52.8 cm³/mol. The summed E-state index contributed by atoms with van der Waals surface area (Å²) in [6.07, 6.45) is 0.460. The van der Waals surface area contributed by atoms with Crippen molar-refractivity contribution in [2.45, 2.75) is 18.9 Å². The van der Waals surface area contributed by atoms with Gasteiger partial charge in [0.05, 0.1) is 5.56 Å². The van der Waals surface area contributed by atoms with Gasteiger partial charge in [0.15, 0.2) is 0 Å². The standard InChI is InChI=1S/C9H10N2O2S/c10-4-6-3-8(14-5-6)7(11)1-2-9(12)13/h3,5,7H,1-2,11H2,(H,12,13). The van der Waals surface area contributed by atoms with E-state index in [1.165, 1.54) is 11.3 Å². The zero-order valence-corrected chi connectivity index (χ0v) is 8.25. The Morgan fingerprint density at radius 2 is 2.50 bits per heavy atom. The molecule has 0 aliphatic rings. The molecule has 0 aromatic carbocycles. The van der Waals surface area contributed by atoms with Gasteiger partial charge in [-0.25, -0.2) is 0 Å². The second-order valence-electron chi connectivity index (χ2n) is 2.89. The van der Waals surface area contributed by atoms with E-state index in [2.05, 4.69) is 0 Å². The minimum absolute atomic E-state index is 0.0565. The number of hydrogen-bond donors (Lipinski definition) is 2. The van der Waals surface area contributed by atoms with Crippen LogP contribution in [0.2, 0.25) is 0 Å². The van der Waals surface area contributed by atoms with Crippen LogP contribution in [0, 0.1) is 11.3 Å². The van der Waals surface area contributed by atoms with Crippen LogP contribution in [0.15, 0.2) is 11.4 Å². The highest BCUT2D eigenvalue weighted by molar-refractivity contribution is 7.10.